The van der Waals surface area contributed by atoms with Gasteiger partial charge in [0.15, 0.2) is 0 Å². The Morgan fingerprint density at radius 3 is 2.55 bits per heavy atom. The first-order valence-corrected chi connectivity index (χ1v) is 9.94. The van der Waals surface area contributed by atoms with Crippen molar-refractivity contribution in [2.75, 3.05) is 11.6 Å². The first-order chi connectivity index (χ1) is 14.8. The number of aliphatic hydroxyl groups is 1. The van der Waals surface area contributed by atoms with Crippen LogP contribution in [0, 0.1) is 0 Å². The van der Waals surface area contributed by atoms with Gasteiger partial charge >= 0.3 is 6.18 Å². The minimum absolute atomic E-state index is 0.171. The van der Waals surface area contributed by atoms with Gasteiger partial charge in [0, 0.05) is 17.3 Å². The molecule has 6 nitrogen and oxygen atoms in total. The number of carbonyl (C=O) groups excluding carboxylic acids is 1. The minimum Gasteiger partial charge on any atom is -0.391 e. The number of nitrogens with zero attached hydrogens (tertiary/aromatic N) is 3. The highest BCUT2D eigenvalue weighted by Gasteiger charge is 2.31. The molecule has 0 saturated heterocycles. The monoisotopic (exact) mass is 430 g/mol. The number of pyridine rings is 1. The number of aliphatic hydroxyl groups excluding tert-OH is 1. The molecule has 4 rings (SSSR count). The van der Waals surface area contributed by atoms with E-state index in [1.807, 2.05) is 0 Å². The number of halogens is 3. The summed E-state index contributed by atoms with van der Waals surface area (Å²) in [5.74, 6) is -0.334. The minimum atomic E-state index is -4.43. The molecule has 1 aromatic carbocycles. The number of nitrogens with one attached hydrogen (secondary N) is 1. The van der Waals surface area contributed by atoms with Crippen molar-refractivity contribution in [2.24, 2.45) is 5.10 Å². The Labute approximate surface area is 177 Å². The van der Waals surface area contributed by atoms with Crippen LogP contribution in [0.4, 0.5) is 18.9 Å². The maximum atomic E-state index is 12.9. The lowest BCUT2D eigenvalue weighted by Gasteiger charge is -2.26. The van der Waals surface area contributed by atoms with Crippen molar-refractivity contribution in [1.82, 2.24) is 10.3 Å². The number of carbonyl (C=O) groups is 1. The van der Waals surface area contributed by atoms with E-state index in [0.29, 0.717) is 35.4 Å². The van der Waals surface area contributed by atoms with Crippen LogP contribution in [0.1, 0.15) is 30.4 Å². The molecular formula is C22H21F3N4O2. The second-order valence-electron chi connectivity index (χ2n) is 7.58. The van der Waals surface area contributed by atoms with Crippen LogP contribution in [0.25, 0.3) is 0 Å². The fourth-order valence-corrected chi connectivity index (χ4v) is 3.70. The van der Waals surface area contributed by atoms with E-state index in [-0.39, 0.29) is 18.5 Å². The summed E-state index contributed by atoms with van der Waals surface area (Å²) in [5.41, 5.74) is 1.10. The lowest BCUT2D eigenvalue weighted by atomic mass is 10.0. The van der Waals surface area contributed by atoms with E-state index in [9.17, 15) is 23.1 Å². The molecule has 1 aliphatic heterocycles. The predicted octanol–water partition coefficient (Wildman–Crippen LogP) is 3.28. The molecule has 1 aromatic heterocycles. The Bertz CT molecular complexity index is 1000. The highest BCUT2D eigenvalue weighted by Crippen LogP contribution is 2.30. The molecule has 162 valence electrons. The van der Waals surface area contributed by atoms with Gasteiger partial charge < -0.3 is 10.4 Å². The third kappa shape index (κ3) is 4.77. The quantitative estimate of drug-likeness (QED) is 0.781. The summed E-state index contributed by atoms with van der Waals surface area (Å²) >= 11 is 0. The van der Waals surface area contributed by atoms with Gasteiger partial charge in [0.25, 0.3) is 0 Å². The first kappa shape index (κ1) is 21.0. The Kier molecular flexibility index (Phi) is 5.77. The second kappa shape index (κ2) is 8.50. The average Bonchev–Trinajstić information content (AvgIpc) is 3.18. The summed E-state index contributed by atoms with van der Waals surface area (Å²) in [7, 11) is 0. The van der Waals surface area contributed by atoms with Crippen molar-refractivity contribution in [3.05, 3.63) is 71.6 Å². The van der Waals surface area contributed by atoms with Gasteiger partial charge in [0.05, 0.1) is 41.8 Å². The van der Waals surface area contributed by atoms with E-state index in [0.717, 1.165) is 18.6 Å². The maximum Gasteiger partial charge on any atom is 0.416 e. The summed E-state index contributed by atoms with van der Waals surface area (Å²) in [6, 6.07) is 7.85. The molecule has 2 atom stereocenters. The summed E-state index contributed by atoms with van der Waals surface area (Å²) in [4.78, 5) is 17.0. The summed E-state index contributed by atoms with van der Waals surface area (Å²) in [5, 5.41) is 19.0. The van der Waals surface area contributed by atoms with Crippen molar-refractivity contribution in [1.29, 1.82) is 0 Å². The molecule has 1 aliphatic carbocycles. The molecule has 0 spiro atoms. The van der Waals surface area contributed by atoms with E-state index >= 15 is 0 Å². The smallest absolute Gasteiger partial charge is 0.391 e. The normalized spacial score (nSPS) is 21.5. The highest BCUT2D eigenvalue weighted by molar-refractivity contribution is 6.14. The van der Waals surface area contributed by atoms with Crippen LogP contribution >= 0.6 is 0 Å². The van der Waals surface area contributed by atoms with Gasteiger partial charge in [-0.25, -0.2) is 0 Å². The van der Waals surface area contributed by atoms with E-state index in [4.69, 9.17) is 0 Å². The number of amides is 1. The number of allylic oxidation sites excluding steroid dienone is 1. The van der Waals surface area contributed by atoms with E-state index in [1.54, 1.807) is 35.6 Å². The molecule has 1 amide bonds. The number of anilines is 1. The van der Waals surface area contributed by atoms with Gasteiger partial charge in [-0.3, -0.25) is 14.8 Å². The van der Waals surface area contributed by atoms with Gasteiger partial charge in [-0.15, -0.1) is 0 Å². The molecule has 31 heavy (non-hydrogen) atoms. The van der Waals surface area contributed by atoms with Crippen molar-refractivity contribution >= 4 is 17.3 Å². The number of hydrogen-bond acceptors (Lipinski definition) is 5. The Morgan fingerprint density at radius 1 is 1.16 bits per heavy atom. The van der Waals surface area contributed by atoms with Crippen molar-refractivity contribution < 1.29 is 23.1 Å². The number of alkyl halides is 3. The molecule has 0 radical (unpaired) electrons. The Morgan fingerprint density at radius 2 is 1.94 bits per heavy atom. The highest BCUT2D eigenvalue weighted by atomic mass is 19.4. The number of rotatable bonds is 4. The van der Waals surface area contributed by atoms with Crippen LogP contribution in [0.2, 0.25) is 0 Å². The third-order valence-electron chi connectivity index (χ3n) is 5.40. The molecule has 2 heterocycles. The van der Waals surface area contributed by atoms with Crippen molar-refractivity contribution in [2.45, 2.75) is 37.6 Å². The second-order valence-corrected chi connectivity index (χ2v) is 7.58. The first-order valence-electron chi connectivity index (χ1n) is 9.94. The van der Waals surface area contributed by atoms with E-state index < -0.39 is 17.8 Å². The van der Waals surface area contributed by atoms with Crippen LogP contribution in [0.3, 0.4) is 0 Å². The molecule has 1 fully saturated rings. The van der Waals surface area contributed by atoms with Gasteiger partial charge in [-0.2, -0.15) is 18.3 Å². The number of hydrazone groups is 1. The molecule has 2 aliphatic rings. The molecular weight excluding hydrogens is 409 g/mol. The largest absolute Gasteiger partial charge is 0.416 e. The molecule has 2 N–H and O–H groups in total. The lowest BCUT2D eigenvalue weighted by Crippen LogP contribution is -2.43. The summed E-state index contributed by atoms with van der Waals surface area (Å²) in [6.07, 6.45) is 1.95. The summed E-state index contributed by atoms with van der Waals surface area (Å²) < 4.78 is 38.7. The third-order valence-corrected chi connectivity index (χ3v) is 5.40. The van der Waals surface area contributed by atoms with Crippen molar-refractivity contribution in [3.8, 4) is 0 Å². The molecule has 9 heteroatoms. The van der Waals surface area contributed by atoms with Crippen LogP contribution in [-0.4, -0.2) is 40.4 Å². The maximum absolute atomic E-state index is 12.9. The van der Waals surface area contributed by atoms with Crippen LogP contribution < -0.4 is 10.3 Å². The van der Waals surface area contributed by atoms with E-state index in [1.165, 1.54) is 12.1 Å². The Balaban J connectivity index is 1.64. The van der Waals surface area contributed by atoms with Crippen LogP contribution in [0.5, 0.6) is 0 Å². The topological polar surface area (TPSA) is 77.8 Å². The molecule has 0 bridgehead atoms. The van der Waals surface area contributed by atoms with Crippen LogP contribution in [0.15, 0.2) is 65.5 Å². The predicted molar refractivity (Wildman–Crippen MR) is 109 cm³/mol. The fourth-order valence-electron chi connectivity index (χ4n) is 3.70. The molecule has 1 saturated carbocycles. The zero-order valence-electron chi connectivity index (χ0n) is 16.5. The van der Waals surface area contributed by atoms with Gasteiger partial charge in [-0.05, 0) is 49.6 Å². The average molecular weight is 430 g/mol. The number of benzene rings is 1. The zero-order valence-corrected chi connectivity index (χ0v) is 16.5. The number of hydrogen-bond donors (Lipinski definition) is 2. The number of aromatic nitrogens is 1. The fraction of sp³-hybridized carbons (Fsp3) is 0.318. The van der Waals surface area contributed by atoms with Crippen LogP contribution in [-0.2, 0) is 11.0 Å². The van der Waals surface area contributed by atoms with Gasteiger partial charge in [0.2, 0.25) is 5.91 Å². The van der Waals surface area contributed by atoms with Crippen molar-refractivity contribution in [3.63, 3.8) is 0 Å². The molecule has 0 unspecified atom stereocenters. The SMILES string of the molecule is O=C(N[C@@H]1CCC[C@@H]1O)C1=CC(c2ccc(C(F)(F)F)cc2)=NN(c2cccnc2)C1. The standard InChI is InChI=1S/C22H21F3N4O2/c23-22(24,25)16-8-6-14(7-9-16)19-11-15(21(31)27-18-4-1-5-20(18)30)13-29(28-19)17-3-2-10-26-12-17/h2-3,6-12,18,20,30H,1,4-5,13H2,(H,27,31)/t18-,20+/m1/s1. The molecule has 2 aromatic rings. The zero-order chi connectivity index (χ0) is 22.0. The lowest BCUT2D eigenvalue weighted by molar-refractivity contribution is -0.137. The van der Waals surface area contributed by atoms with Gasteiger partial charge in [0.1, 0.15) is 0 Å². The van der Waals surface area contributed by atoms with Gasteiger partial charge in [-0.1, -0.05) is 12.1 Å². The Hall–Kier alpha value is -3.20. The van der Waals surface area contributed by atoms with E-state index in [2.05, 4.69) is 15.4 Å². The summed E-state index contributed by atoms with van der Waals surface area (Å²) in [6.45, 7) is 0.171.